The Morgan fingerprint density at radius 3 is 3.00 bits per heavy atom. The van der Waals surface area contributed by atoms with Gasteiger partial charge in [0.25, 0.3) is 5.56 Å². The zero-order chi connectivity index (χ0) is 14.7. The smallest absolute Gasteiger partial charge is 0.250 e. The number of aromatic nitrogens is 1. The van der Waals surface area contributed by atoms with Crippen LogP contribution in [-0.4, -0.2) is 17.2 Å². The van der Waals surface area contributed by atoms with Gasteiger partial charge in [-0.25, -0.2) is 0 Å². The number of aryl methyl sites for hydroxylation is 1. The molecule has 0 amide bonds. The maximum Gasteiger partial charge on any atom is 0.250 e. The average Bonchev–Trinajstić information content (AvgIpc) is 3.12. The Bertz CT molecular complexity index is 535. The molecule has 0 spiro atoms. The first-order valence-electron chi connectivity index (χ1n) is 8.74. The van der Waals surface area contributed by atoms with Gasteiger partial charge in [-0.05, 0) is 63.0 Å². The van der Waals surface area contributed by atoms with Gasteiger partial charge >= 0.3 is 0 Å². The lowest BCUT2D eigenvalue weighted by Crippen LogP contribution is -2.34. The van der Waals surface area contributed by atoms with Crippen LogP contribution in [-0.2, 0) is 19.4 Å². The van der Waals surface area contributed by atoms with Gasteiger partial charge in [0.15, 0.2) is 0 Å². The molecule has 1 aromatic heterocycles. The molecule has 1 aromatic rings. The van der Waals surface area contributed by atoms with Crippen molar-refractivity contribution in [2.75, 3.05) is 6.54 Å². The van der Waals surface area contributed by atoms with Crippen LogP contribution in [0.1, 0.15) is 56.7 Å². The number of pyridine rings is 1. The van der Waals surface area contributed by atoms with Crippen molar-refractivity contribution in [3.63, 3.8) is 0 Å². The van der Waals surface area contributed by atoms with Crippen LogP contribution in [0.5, 0.6) is 0 Å². The minimum absolute atomic E-state index is 0.201. The Morgan fingerprint density at radius 2 is 2.14 bits per heavy atom. The molecule has 3 heteroatoms. The molecule has 1 N–H and O–H groups in total. The molecule has 3 rings (SSSR count). The van der Waals surface area contributed by atoms with E-state index in [-0.39, 0.29) is 5.56 Å². The van der Waals surface area contributed by atoms with E-state index >= 15 is 0 Å². The number of rotatable bonds is 6. The predicted octanol–water partition coefficient (Wildman–Crippen LogP) is 2.90. The first-order chi connectivity index (χ1) is 10.3. The highest BCUT2D eigenvalue weighted by molar-refractivity contribution is 5.25. The standard InChI is InChI=1S/C18H28N2O/c1-2-12-19-16-7-3-5-14(16)11-13-20-17-8-4-6-15(17)9-10-18(20)21/h9-10,14,16,19H,2-8,11-13H2,1H3. The molecule has 0 bridgehead atoms. The van der Waals surface area contributed by atoms with E-state index in [1.165, 1.54) is 43.4 Å². The fraction of sp³-hybridized carbons (Fsp3) is 0.722. The summed E-state index contributed by atoms with van der Waals surface area (Å²) in [4.78, 5) is 12.2. The fourth-order valence-corrected chi connectivity index (χ4v) is 4.15. The highest BCUT2D eigenvalue weighted by Crippen LogP contribution is 2.29. The number of nitrogens with one attached hydrogen (secondary N) is 1. The summed E-state index contributed by atoms with van der Waals surface area (Å²) in [7, 11) is 0. The van der Waals surface area contributed by atoms with Crippen molar-refractivity contribution >= 4 is 0 Å². The van der Waals surface area contributed by atoms with Crippen LogP contribution < -0.4 is 10.9 Å². The van der Waals surface area contributed by atoms with Crippen molar-refractivity contribution in [2.45, 2.75) is 70.9 Å². The lowest BCUT2D eigenvalue weighted by atomic mass is 9.99. The third-order valence-corrected chi connectivity index (χ3v) is 5.29. The largest absolute Gasteiger partial charge is 0.314 e. The van der Waals surface area contributed by atoms with Crippen LogP contribution >= 0.6 is 0 Å². The Hall–Kier alpha value is -1.09. The van der Waals surface area contributed by atoms with Gasteiger partial charge in [0.1, 0.15) is 0 Å². The second kappa shape index (κ2) is 6.78. The van der Waals surface area contributed by atoms with Gasteiger partial charge in [-0.3, -0.25) is 4.79 Å². The topological polar surface area (TPSA) is 34.0 Å². The molecule has 2 unspecified atom stereocenters. The van der Waals surface area contributed by atoms with E-state index in [4.69, 9.17) is 0 Å². The van der Waals surface area contributed by atoms with Gasteiger partial charge in [0.2, 0.25) is 0 Å². The normalized spacial score (nSPS) is 24.4. The molecule has 1 fully saturated rings. The first kappa shape index (κ1) is 14.8. The van der Waals surface area contributed by atoms with E-state index in [1.54, 1.807) is 6.07 Å². The summed E-state index contributed by atoms with van der Waals surface area (Å²) in [6, 6.07) is 4.49. The van der Waals surface area contributed by atoms with E-state index in [1.807, 2.05) is 6.07 Å². The molecule has 1 heterocycles. The van der Waals surface area contributed by atoms with Crippen LogP contribution in [0.15, 0.2) is 16.9 Å². The van der Waals surface area contributed by atoms with Gasteiger partial charge < -0.3 is 9.88 Å². The summed E-state index contributed by atoms with van der Waals surface area (Å²) in [6.07, 6.45) is 9.79. The molecule has 0 saturated heterocycles. The van der Waals surface area contributed by atoms with Crippen LogP contribution in [0.2, 0.25) is 0 Å². The van der Waals surface area contributed by atoms with Crippen LogP contribution in [0.4, 0.5) is 0 Å². The van der Waals surface area contributed by atoms with Crippen molar-refractivity contribution in [1.29, 1.82) is 0 Å². The Balaban J connectivity index is 1.65. The van der Waals surface area contributed by atoms with Crippen molar-refractivity contribution in [1.82, 2.24) is 9.88 Å². The van der Waals surface area contributed by atoms with Gasteiger partial charge in [-0.15, -0.1) is 0 Å². The van der Waals surface area contributed by atoms with Crippen LogP contribution in [0, 0.1) is 5.92 Å². The lowest BCUT2D eigenvalue weighted by Gasteiger charge is -2.22. The lowest BCUT2D eigenvalue weighted by molar-refractivity contribution is 0.357. The summed E-state index contributed by atoms with van der Waals surface area (Å²) >= 11 is 0. The quantitative estimate of drug-likeness (QED) is 0.873. The third-order valence-electron chi connectivity index (χ3n) is 5.29. The maximum atomic E-state index is 12.2. The molecule has 3 nitrogen and oxygen atoms in total. The van der Waals surface area contributed by atoms with E-state index in [0.717, 1.165) is 38.3 Å². The van der Waals surface area contributed by atoms with Crippen molar-refractivity contribution in [3.8, 4) is 0 Å². The molecule has 0 aromatic carbocycles. The molecule has 21 heavy (non-hydrogen) atoms. The molecular weight excluding hydrogens is 260 g/mol. The Kier molecular flexibility index (Phi) is 4.79. The molecule has 2 aliphatic carbocycles. The van der Waals surface area contributed by atoms with E-state index < -0.39 is 0 Å². The minimum atomic E-state index is 0.201. The second-order valence-corrected chi connectivity index (χ2v) is 6.69. The number of nitrogens with zero attached hydrogens (tertiary/aromatic N) is 1. The third kappa shape index (κ3) is 3.23. The number of fused-ring (bicyclic) bond motifs is 1. The fourth-order valence-electron chi connectivity index (χ4n) is 4.15. The van der Waals surface area contributed by atoms with Crippen molar-refractivity contribution in [2.24, 2.45) is 5.92 Å². The minimum Gasteiger partial charge on any atom is -0.314 e. The Labute approximate surface area is 127 Å². The van der Waals surface area contributed by atoms with Gasteiger partial charge in [0, 0.05) is 24.3 Å². The van der Waals surface area contributed by atoms with Gasteiger partial charge in [0.05, 0.1) is 0 Å². The zero-order valence-corrected chi connectivity index (χ0v) is 13.2. The molecule has 0 aliphatic heterocycles. The number of hydrogen-bond acceptors (Lipinski definition) is 2. The average molecular weight is 288 g/mol. The highest BCUT2D eigenvalue weighted by Gasteiger charge is 2.26. The van der Waals surface area contributed by atoms with Crippen molar-refractivity contribution in [3.05, 3.63) is 33.7 Å². The van der Waals surface area contributed by atoms with E-state index in [2.05, 4.69) is 16.8 Å². The van der Waals surface area contributed by atoms with E-state index in [9.17, 15) is 4.79 Å². The van der Waals surface area contributed by atoms with Gasteiger partial charge in [-0.1, -0.05) is 19.4 Å². The summed E-state index contributed by atoms with van der Waals surface area (Å²) < 4.78 is 2.07. The van der Waals surface area contributed by atoms with E-state index in [0.29, 0.717) is 6.04 Å². The van der Waals surface area contributed by atoms with Gasteiger partial charge in [-0.2, -0.15) is 0 Å². The van der Waals surface area contributed by atoms with Crippen LogP contribution in [0.25, 0.3) is 0 Å². The molecule has 116 valence electrons. The molecule has 0 radical (unpaired) electrons. The molecule has 2 atom stereocenters. The monoisotopic (exact) mass is 288 g/mol. The molecular formula is C18H28N2O. The molecule has 1 saturated carbocycles. The zero-order valence-electron chi connectivity index (χ0n) is 13.2. The SMILES string of the molecule is CCCNC1CCCC1CCn1c2c(ccc1=O)CCC2. The summed E-state index contributed by atoms with van der Waals surface area (Å²) in [5.41, 5.74) is 2.92. The Morgan fingerprint density at radius 1 is 1.24 bits per heavy atom. The van der Waals surface area contributed by atoms with Crippen molar-refractivity contribution < 1.29 is 0 Å². The second-order valence-electron chi connectivity index (χ2n) is 6.69. The highest BCUT2D eigenvalue weighted by atomic mass is 16.1. The summed E-state index contributed by atoms with van der Waals surface area (Å²) in [5, 5.41) is 3.70. The number of hydrogen-bond donors (Lipinski definition) is 1. The predicted molar refractivity (Wildman–Crippen MR) is 86.8 cm³/mol. The first-order valence-corrected chi connectivity index (χ1v) is 8.74. The maximum absolute atomic E-state index is 12.2. The van der Waals surface area contributed by atoms with Crippen LogP contribution in [0.3, 0.4) is 0 Å². The summed E-state index contributed by atoms with van der Waals surface area (Å²) in [5.74, 6) is 0.751. The summed E-state index contributed by atoms with van der Waals surface area (Å²) in [6.45, 7) is 4.27. The molecule has 2 aliphatic rings.